The summed E-state index contributed by atoms with van der Waals surface area (Å²) in [4.78, 5) is 16.9. The van der Waals surface area contributed by atoms with Crippen molar-refractivity contribution in [3.63, 3.8) is 0 Å². The Morgan fingerprint density at radius 2 is 2.03 bits per heavy atom. The fourth-order valence-electron chi connectivity index (χ4n) is 2.87. The van der Waals surface area contributed by atoms with Crippen molar-refractivity contribution in [2.45, 2.75) is 32.0 Å². The second-order valence-corrected chi connectivity index (χ2v) is 7.28. The lowest BCUT2D eigenvalue weighted by atomic mass is 10.0. The summed E-state index contributed by atoms with van der Waals surface area (Å²) in [5.41, 5.74) is -2.60. The third-order valence-corrected chi connectivity index (χ3v) is 5.18. The maximum Gasteiger partial charge on any atom is 0.433 e. The SMILES string of the molecule is C#C[C@](C)(CC)NC(=O)c1nn2c(C(F)(F)F)cc(-c3ccccc3OC)nc2c1Cl. The first-order chi connectivity index (χ1) is 14.5. The Kier molecular flexibility index (Phi) is 5.87. The van der Waals surface area contributed by atoms with E-state index >= 15 is 0 Å². The zero-order valence-corrected chi connectivity index (χ0v) is 17.6. The van der Waals surface area contributed by atoms with Gasteiger partial charge in [0.1, 0.15) is 10.8 Å². The summed E-state index contributed by atoms with van der Waals surface area (Å²) in [6, 6.07) is 7.30. The van der Waals surface area contributed by atoms with Crippen molar-refractivity contribution in [3.8, 4) is 29.4 Å². The second-order valence-electron chi connectivity index (χ2n) is 6.91. The van der Waals surface area contributed by atoms with E-state index < -0.39 is 29.0 Å². The van der Waals surface area contributed by atoms with Crippen LogP contribution in [0.2, 0.25) is 5.02 Å². The van der Waals surface area contributed by atoms with Gasteiger partial charge in [0.25, 0.3) is 5.91 Å². The number of nitrogens with zero attached hydrogens (tertiary/aromatic N) is 3. The monoisotopic (exact) mass is 450 g/mol. The van der Waals surface area contributed by atoms with E-state index in [0.29, 0.717) is 22.2 Å². The number of carbonyl (C=O) groups is 1. The maximum absolute atomic E-state index is 13.8. The van der Waals surface area contributed by atoms with Gasteiger partial charge in [0.2, 0.25) is 0 Å². The van der Waals surface area contributed by atoms with E-state index in [-0.39, 0.29) is 16.4 Å². The minimum Gasteiger partial charge on any atom is -0.496 e. The van der Waals surface area contributed by atoms with Crippen LogP contribution in [0.5, 0.6) is 5.75 Å². The van der Waals surface area contributed by atoms with Crippen LogP contribution in [0.25, 0.3) is 16.9 Å². The number of amides is 1. The molecule has 0 radical (unpaired) electrons. The number of hydrogen-bond donors (Lipinski definition) is 1. The smallest absolute Gasteiger partial charge is 0.433 e. The Morgan fingerprint density at radius 3 is 2.61 bits per heavy atom. The van der Waals surface area contributed by atoms with Crippen LogP contribution in [0.3, 0.4) is 0 Å². The van der Waals surface area contributed by atoms with E-state index in [1.165, 1.54) is 7.11 Å². The third-order valence-electron chi connectivity index (χ3n) is 4.84. The van der Waals surface area contributed by atoms with Crippen LogP contribution in [-0.4, -0.2) is 33.2 Å². The highest BCUT2D eigenvalue weighted by molar-refractivity contribution is 6.36. The topological polar surface area (TPSA) is 68.5 Å². The van der Waals surface area contributed by atoms with E-state index in [4.69, 9.17) is 22.8 Å². The molecule has 0 saturated carbocycles. The third kappa shape index (κ3) is 4.16. The molecule has 3 aromatic rings. The average molecular weight is 451 g/mol. The van der Waals surface area contributed by atoms with Gasteiger partial charge in [-0.2, -0.15) is 18.3 Å². The van der Waals surface area contributed by atoms with Gasteiger partial charge < -0.3 is 10.1 Å². The van der Waals surface area contributed by atoms with E-state index in [0.717, 1.165) is 6.07 Å². The number of nitrogens with one attached hydrogen (secondary N) is 1. The molecule has 6 nitrogen and oxygen atoms in total. The molecule has 3 rings (SSSR count). The fraction of sp³-hybridized carbons (Fsp3) is 0.286. The van der Waals surface area contributed by atoms with Gasteiger partial charge in [-0.3, -0.25) is 4.79 Å². The molecule has 0 aliphatic carbocycles. The molecule has 10 heteroatoms. The Bertz CT molecular complexity index is 1200. The first-order valence-corrected chi connectivity index (χ1v) is 9.52. The number of terminal acetylenes is 1. The van der Waals surface area contributed by atoms with Gasteiger partial charge in [0, 0.05) is 5.56 Å². The minimum atomic E-state index is -4.79. The summed E-state index contributed by atoms with van der Waals surface area (Å²) >= 11 is 6.27. The summed E-state index contributed by atoms with van der Waals surface area (Å²) in [5.74, 6) is 1.97. The molecule has 31 heavy (non-hydrogen) atoms. The number of benzene rings is 1. The minimum absolute atomic E-state index is 0.0342. The lowest BCUT2D eigenvalue weighted by Crippen LogP contribution is -2.44. The highest BCUT2D eigenvalue weighted by Crippen LogP contribution is 2.36. The lowest BCUT2D eigenvalue weighted by Gasteiger charge is -2.22. The fourth-order valence-corrected chi connectivity index (χ4v) is 3.12. The average Bonchev–Trinajstić information content (AvgIpc) is 3.08. The quantitative estimate of drug-likeness (QED) is 0.576. The first kappa shape index (κ1) is 22.4. The number of rotatable bonds is 5. The molecule has 162 valence electrons. The zero-order chi connectivity index (χ0) is 23.0. The molecular formula is C21H18ClF3N4O2. The molecule has 2 aromatic heterocycles. The number of para-hydroxylation sites is 1. The van der Waals surface area contributed by atoms with Crippen LogP contribution >= 0.6 is 11.6 Å². The van der Waals surface area contributed by atoms with Crippen molar-refractivity contribution in [3.05, 3.63) is 46.7 Å². The van der Waals surface area contributed by atoms with E-state index in [1.807, 2.05) is 0 Å². The van der Waals surface area contributed by atoms with Gasteiger partial charge in [0.15, 0.2) is 17.0 Å². The molecule has 1 atom stereocenters. The normalized spacial score (nSPS) is 13.5. The van der Waals surface area contributed by atoms with Crippen LogP contribution < -0.4 is 10.1 Å². The number of fused-ring (bicyclic) bond motifs is 1. The van der Waals surface area contributed by atoms with Crippen molar-refractivity contribution < 1.29 is 22.7 Å². The number of methoxy groups -OCH3 is 1. The van der Waals surface area contributed by atoms with Gasteiger partial charge in [-0.1, -0.05) is 36.6 Å². The van der Waals surface area contributed by atoms with Crippen molar-refractivity contribution in [2.24, 2.45) is 0 Å². The number of halogens is 4. The number of ether oxygens (including phenoxy) is 1. The van der Waals surface area contributed by atoms with Crippen molar-refractivity contribution in [1.82, 2.24) is 19.9 Å². The Morgan fingerprint density at radius 1 is 1.35 bits per heavy atom. The summed E-state index contributed by atoms with van der Waals surface area (Å²) in [6.45, 7) is 3.36. The van der Waals surface area contributed by atoms with Gasteiger partial charge in [-0.05, 0) is 31.5 Å². The Labute approximate surface area is 181 Å². The molecule has 0 saturated heterocycles. The van der Waals surface area contributed by atoms with Crippen molar-refractivity contribution in [2.75, 3.05) is 7.11 Å². The zero-order valence-electron chi connectivity index (χ0n) is 16.8. The summed E-state index contributed by atoms with van der Waals surface area (Å²) in [7, 11) is 1.40. The van der Waals surface area contributed by atoms with E-state index in [1.54, 1.807) is 38.1 Å². The number of hydrogen-bond acceptors (Lipinski definition) is 4. The second kappa shape index (κ2) is 8.12. The highest BCUT2D eigenvalue weighted by atomic mass is 35.5. The molecule has 0 aliphatic rings. The van der Waals surface area contributed by atoms with Crippen LogP contribution in [0.1, 0.15) is 36.5 Å². The highest BCUT2D eigenvalue weighted by Gasteiger charge is 2.37. The first-order valence-electron chi connectivity index (χ1n) is 9.14. The van der Waals surface area contributed by atoms with Gasteiger partial charge in [-0.25, -0.2) is 9.50 Å². The Hall–Kier alpha value is -3.25. The van der Waals surface area contributed by atoms with Gasteiger partial charge >= 0.3 is 6.18 Å². The standard InChI is InChI=1S/C21H18ClF3N4O2/c1-5-20(3,6-2)27-19(30)17-16(22)18-26-13(12-9-7-8-10-14(12)31-4)11-15(21(23,24)25)29(18)28-17/h1,7-11H,6H2,2-4H3,(H,27,30)/t20-/m1/s1. The molecule has 2 heterocycles. The van der Waals surface area contributed by atoms with Gasteiger partial charge in [0.05, 0.1) is 18.3 Å². The van der Waals surface area contributed by atoms with Crippen molar-refractivity contribution >= 4 is 23.2 Å². The number of alkyl halides is 3. The van der Waals surface area contributed by atoms with Gasteiger partial charge in [-0.15, -0.1) is 6.42 Å². The summed E-state index contributed by atoms with van der Waals surface area (Å²) in [6.07, 6.45) is 1.05. The van der Waals surface area contributed by atoms with Crippen LogP contribution in [-0.2, 0) is 6.18 Å². The maximum atomic E-state index is 13.8. The molecule has 0 fully saturated rings. The molecule has 0 aliphatic heterocycles. The molecule has 1 N–H and O–H groups in total. The molecule has 0 spiro atoms. The molecule has 1 aromatic carbocycles. The van der Waals surface area contributed by atoms with Crippen LogP contribution in [0.4, 0.5) is 13.2 Å². The Balaban J connectivity index is 2.24. The molecule has 0 bridgehead atoms. The molecule has 0 unspecified atom stereocenters. The van der Waals surface area contributed by atoms with E-state index in [2.05, 4.69) is 21.3 Å². The molecular weight excluding hydrogens is 433 g/mol. The predicted octanol–water partition coefficient (Wildman–Crippen LogP) is 4.61. The van der Waals surface area contributed by atoms with E-state index in [9.17, 15) is 18.0 Å². The van der Waals surface area contributed by atoms with Crippen LogP contribution in [0.15, 0.2) is 30.3 Å². The predicted molar refractivity (Wildman–Crippen MR) is 110 cm³/mol. The largest absolute Gasteiger partial charge is 0.496 e. The summed E-state index contributed by atoms with van der Waals surface area (Å²) < 4.78 is 47.2. The summed E-state index contributed by atoms with van der Waals surface area (Å²) in [5, 5.41) is 6.04. The molecule has 1 amide bonds. The number of carbonyl (C=O) groups excluding carboxylic acids is 1. The number of aromatic nitrogens is 3. The van der Waals surface area contributed by atoms with Crippen LogP contribution in [0, 0.1) is 12.3 Å². The lowest BCUT2D eigenvalue weighted by molar-refractivity contribution is -0.142. The van der Waals surface area contributed by atoms with Crippen molar-refractivity contribution in [1.29, 1.82) is 0 Å².